The van der Waals surface area contributed by atoms with Crippen molar-refractivity contribution in [1.29, 1.82) is 0 Å². The predicted molar refractivity (Wildman–Crippen MR) is 93.5 cm³/mol. The molecular formula is C19H26N4O. The van der Waals surface area contributed by atoms with Gasteiger partial charge in [-0.3, -0.25) is 15.8 Å². The number of hydrogen-bond acceptors (Lipinski definition) is 5. The van der Waals surface area contributed by atoms with E-state index in [1.165, 1.54) is 30.5 Å². The van der Waals surface area contributed by atoms with E-state index < -0.39 is 0 Å². The smallest absolute Gasteiger partial charge is 0.145 e. The van der Waals surface area contributed by atoms with Crippen LogP contribution in [0.3, 0.4) is 0 Å². The van der Waals surface area contributed by atoms with Gasteiger partial charge in [-0.05, 0) is 38.8 Å². The summed E-state index contributed by atoms with van der Waals surface area (Å²) in [6, 6.07) is 11.7. The molecule has 2 fully saturated rings. The number of aromatic nitrogens is 1. The van der Waals surface area contributed by atoms with E-state index in [1.807, 2.05) is 6.92 Å². The Morgan fingerprint density at radius 1 is 1.25 bits per heavy atom. The molecule has 5 heteroatoms. The molecule has 2 aromatic rings. The van der Waals surface area contributed by atoms with Gasteiger partial charge in [-0.25, -0.2) is 0 Å². The number of nitrogens with one attached hydrogen (secondary N) is 2. The fourth-order valence-corrected chi connectivity index (χ4v) is 4.19. The van der Waals surface area contributed by atoms with E-state index in [0.29, 0.717) is 18.0 Å². The topological polar surface area (TPSA) is 53.3 Å². The van der Waals surface area contributed by atoms with Crippen molar-refractivity contribution in [1.82, 2.24) is 20.9 Å². The first kappa shape index (κ1) is 15.8. The number of aryl methyl sites for hydroxylation is 1. The molecule has 1 aromatic heterocycles. The molecule has 3 atom stereocenters. The highest BCUT2D eigenvalue weighted by Gasteiger charge is 2.41. The zero-order valence-corrected chi connectivity index (χ0v) is 14.5. The highest BCUT2D eigenvalue weighted by Crippen LogP contribution is 2.34. The molecule has 2 aliphatic rings. The normalized spacial score (nSPS) is 27.8. The minimum atomic E-state index is 0.340. The van der Waals surface area contributed by atoms with Gasteiger partial charge in [-0.15, -0.1) is 0 Å². The maximum atomic E-state index is 5.67. The van der Waals surface area contributed by atoms with E-state index in [0.717, 1.165) is 24.5 Å². The Bertz CT molecular complexity index is 684. The van der Waals surface area contributed by atoms with Crippen LogP contribution in [0.2, 0.25) is 0 Å². The fourth-order valence-electron chi connectivity index (χ4n) is 4.19. The third-order valence-electron chi connectivity index (χ3n) is 5.61. The Morgan fingerprint density at radius 2 is 2.08 bits per heavy atom. The molecule has 2 saturated heterocycles. The molecule has 0 radical (unpaired) electrons. The van der Waals surface area contributed by atoms with Crippen molar-refractivity contribution in [3.63, 3.8) is 0 Å². The van der Waals surface area contributed by atoms with Crippen molar-refractivity contribution in [2.45, 2.75) is 51.2 Å². The lowest BCUT2D eigenvalue weighted by Crippen LogP contribution is -2.47. The lowest BCUT2D eigenvalue weighted by Gasteiger charge is -2.31. The second kappa shape index (κ2) is 6.67. The number of hydrazine groups is 1. The van der Waals surface area contributed by atoms with Crippen LogP contribution in [0.4, 0.5) is 0 Å². The summed E-state index contributed by atoms with van der Waals surface area (Å²) >= 11 is 0. The summed E-state index contributed by atoms with van der Waals surface area (Å²) < 4.78 is 5.67. The first-order valence-corrected chi connectivity index (χ1v) is 8.93. The number of nitrogens with zero attached hydrogens (tertiary/aromatic N) is 2. The third kappa shape index (κ3) is 2.88. The van der Waals surface area contributed by atoms with Crippen LogP contribution in [0.15, 0.2) is 34.9 Å². The molecule has 0 bridgehead atoms. The summed E-state index contributed by atoms with van der Waals surface area (Å²) in [7, 11) is 0. The number of benzene rings is 1. The Labute approximate surface area is 143 Å². The van der Waals surface area contributed by atoms with Crippen molar-refractivity contribution < 1.29 is 4.52 Å². The molecule has 0 spiro atoms. The summed E-state index contributed by atoms with van der Waals surface area (Å²) in [6.07, 6.45) is 2.49. The molecule has 24 heavy (non-hydrogen) atoms. The van der Waals surface area contributed by atoms with E-state index in [9.17, 15) is 0 Å². The summed E-state index contributed by atoms with van der Waals surface area (Å²) in [4.78, 5) is 2.62. The van der Waals surface area contributed by atoms with Crippen LogP contribution < -0.4 is 10.9 Å². The van der Waals surface area contributed by atoms with Gasteiger partial charge in [0.1, 0.15) is 5.76 Å². The molecule has 3 unspecified atom stereocenters. The largest absolute Gasteiger partial charge is 0.360 e. The first-order valence-electron chi connectivity index (χ1n) is 8.93. The Kier molecular flexibility index (Phi) is 4.39. The molecule has 128 valence electrons. The maximum absolute atomic E-state index is 5.67. The van der Waals surface area contributed by atoms with Gasteiger partial charge in [0.2, 0.25) is 0 Å². The Balaban J connectivity index is 1.54. The molecule has 0 aliphatic carbocycles. The molecule has 1 aromatic carbocycles. The van der Waals surface area contributed by atoms with Crippen LogP contribution in [-0.4, -0.2) is 35.2 Å². The van der Waals surface area contributed by atoms with Crippen LogP contribution in [-0.2, 0) is 6.54 Å². The molecule has 2 aliphatic heterocycles. The summed E-state index contributed by atoms with van der Waals surface area (Å²) in [5.41, 5.74) is 10.5. The number of likely N-dealkylation sites (tertiary alicyclic amines) is 1. The van der Waals surface area contributed by atoms with Crippen molar-refractivity contribution in [3.05, 3.63) is 52.9 Å². The van der Waals surface area contributed by atoms with Gasteiger partial charge in [0.25, 0.3) is 0 Å². The molecule has 5 nitrogen and oxygen atoms in total. The van der Waals surface area contributed by atoms with Crippen molar-refractivity contribution in [2.75, 3.05) is 13.1 Å². The molecule has 3 heterocycles. The fraction of sp³-hybridized carbons (Fsp3) is 0.526. The van der Waals surface area contributed by atoms with Crippen molar-refractivity contribution >= 4 is 0 Å². The third-order valence-corrected chi connectivity index (χ3v) is 5.61. The summed E-state index contributed by atoms with van der Waals surface area (Å²) in [5.74, 6) is 1.38. The van der Waals surface area contributed by atoms with Crippen LogP contribution >= 0.6 is 0 Å². The number of hydrogen-bond donors (Lipinski definition) is 2. The van der Waals surface area contributed by atoms with E-state index >= 15 is 0 Å². The van der Waals surface area contributed by atoms with Gasteiger partial charge < -0.3 is 4.52 Å². The highest BCUT2D eigenvalue weighted by atomic mass is 16.5. The quantitative estimate of drug-likeness (QED) is 0.904. The van der Waals surface area contributed by atoms with Gasteiger partial charge in [0.05, 0.1) is 11.6 Å². The van der Waals surface area contributed by atoms with Gasteiger partial charge in [0.15, 0.2) is 0 Å². The minimum Gasteiger partial charge on any atom is -0.360 e. The highest BCUT2D eigenvalue weighted by molar-refractivity contribution is 5.26. The van der Waals surface area contributed by atoms with Gasteiger partial charge >= 0.3 is 0 Å². The minimum absolute atomic E-state index is 0.340. The lowest BCUT2D eigenvalue weighted by molar-refractivity contribution is 0.189. The van der Waals surface area contributed by atoms with Crippen LogP contribution in [0.5, 0.6) is 0 Å². The monoisotopic (exact) mass is 326 g/mol. The second-order valence-corrected chi connectivity index (χ2v) is 7.08. The maximum Gasteiger partial charge on any atom is 0.145 e. The number of rotatable bonds is 4. The molecule has 4 rings (SSSR count). The molecule has 0 saturated carbocycles. The Hall–Kier alpha value is -1.69. The summed E-state index contributed by atoms with van der Waals surface area (Å²) in [6.45, 7) is 7.22. The predicted octanol–water partition coefficient (Wildman–Crippen LogP) is 2.52. The SMILES string of the molecule is Cc1noc(C2CNNC2C2CCCN2Cc2ccccc2)c1C. The molecule has 0 amide bonds. The van der Waals surface area contributed by atoms with Crippen LogP contribution in [0.25, 0.3) is 0 Å². The molecule has 2 N–H and O–H groups in total. The summed E-state index contributed by atoms with van der Waals surface area (Å²) in [5, 5.41) is 4.16. The zero-order chi connectivity index (χ0) is 16.5. The standard InChI is InChI=1S/C19H26N4O/c1-13-14(2)22-24-19(13)16-11-20-21-18(16)17-9-6-10-23(17)12-15-7-4-3-5-8-15/h3-5,7-8,16-18,20-21H,6,9-12H2,1-2H3. The molecular weight excluding hydrogens is 300 g/mol. The van der Waals surface area contributed by atoms with Crippen molar-refractivity contribution in [3.8, 4) is 0 Å². The van der Waals surface area contributed by atoms with Gasteiger partial charge in [-0.2, -0.15) is 0 Å². The van der Waals surface area contributed by atoms with E-state index in [1.54, 1.807) is 0 Å². The average molecular weight is 326 g/mol. The van der Waals surface area contributed by atoms with Gasteiger partial charge in [-0.1, -0.05) is 35.5 Å². The van der Waals surface area contributed by atoms with Crippen molar-refractivity contribution in [2.24, 2.45) is 0 Å². The van der Waals surface area contributed by atoms with Gasteiger partial charge in [0, 0.05) is 30.7 Å². The lowest BCUT2D eigenvalue weighted by atomic mass is 9.89. The van der Waals surface area contributed by atoms with Crippen LogP contribution in [0, 0.1) is 13.8 Å². The van der Waals surface area contributed by atoms with E-state index in [4.69, 9.17) is 4.52 Å². The zero-order valence-electron chi connectivity index (χ0n) is 14.5. The van der Waals surface area contributed by atoms with Crippen LogP contribution in [0.1, 0.15) is 41.3 Å². The second-order valence-electron chi connectivity index (χ2n) is 7.08. The average Bonchev–Trinajstić information content (AvgIpc) is 3.30. The Morgan fingerprint density at radius 3 is 2.83 bits per heavy atom. The first-order chi connectivity index (χ1) is 11.7. The van der Waals surface area contributed by atoms with E-state index in [2.05, 4.69) is 58.2 Å². The van der Waals surface area contributed by atoms with E-state index in [-0.39, 0.29) is 0 Å².